The number of likely N-dealkylation sites (N-methyl/N-ethyl adjacent to an activating group) is 1. The van der Waals surface area contributed by atoms with Crippen molar-refractivity contribution in [1.29, 1.82) is 0 Å². The van der Waals surface area contributed by atoms with Gasteiger partial charge in [0.1, 0.15) is 5.75 Å². The first-order chi connectivity index (χ1) is 15.1. The van der Waals surface area contributed by atoms with Crippen molar-refractivity contribution in [1.82, 2.24) is 15.1 Å². The van der Waals surface area contributed by atoms with Crippen LogP contribution in [0.1, 0.15) is 24.6 Å². The third-order valence-electron chi connectivity index (χ3n) is 5.37. The SMILES string of the molecule is CCCOc1ccc2ccccc2c1CN(C)C(=O)Cc1n[nH]c(=O)c2ccccc12. The molecular weight excluding hydrogens is 390 g/mol. The van der Waals surface area contributed by atoms with Crippen molar-refractivity contribution in [3.8, 4) is 5.75 Å². The molecule has 0 fully saturated rings. The molecule has 3 aromatic carbocycles. The fraction of sp³-hybridized carbons (Fsp3) is 0.240. The van der Waals surface area contributed by atoms with Crippen LogP contribution in [0.4, 0.5) is 0 Å². The van der Waals surface area contributed by atoms with E-state index in [1.54, 1.807) is 24.1 Å². The highest BCUT2D eigenvalue weighted by atomic mass is 16.5. The van der Waals surface area contributed by atoms with E-state index < -0.39 is 0 Å². The molecule has 0 saturated heterocycles. The van der Waals surface area contributed by atoms with Crippen molar-refractivity contribution in [3.63, 3.8) is 0 Å². The van der Waals surface area contributed by atoms with E-state index in [0.29, 0.717) is 29.6 Å². The summed E-state index contributed by atoms with van der Waals surface area (Å²) in [6.07, 6.45) is 1.01. The van der Waals surface area contributed by atoms with Crippen LogP contribution in [0.3, 0.4) is 0 Å². The van der Waals surface area contributed by atoms with Crippen molar-refractivity contribution in [2.24, 2.45) is 0 Å². The summed E-state index contributed by atoms with van der Waals surface area (Å²) in [6, 6.07) is 19.3. The molecule has 0 bridgehead atoms. The maximum atomic E-state index is 13.1. The molecule has 0 aliphatic heterocycles. The zero-order valence-electron chi connectivity index (χ0n) is 17.7. The molecule has 158 valence electrons. The first-order valence-electron chi connectivity index (χ1n) is 10.4. The van der Waals surface area contributed by atoms with E-state index in [4.69, 9.17) is 4.74 Å². The summed E-state index contributed by atoms with van der Waals surface area (Å²) in [7, 11) is 1.78. The van der Waals surface area contributed by atoms with Gasteiger partial charge in [0.15, 0.2) is 0 Å². The number of carbonyl (C=O) groups excluding carboxylic acids is 1. The minimum atomic E-state index is -0.256. The first-order valence-corrected chi connectivity index (χ1v) is 10.4. The number of carbonyl (C=O) groups is 1. The Morgan fingerprint density at radius 3 is 2.48 bits per heavy atom. The molecule has 1 N–H and O–H groups in total. The maximum Gasteiger partial charge on any atom is 0.272 e. The Hall–Kier alpha value is -3.67. The monoisotopic (exact) mass is 415 g/mol. The summed E-state index contributed by atoms with van der Waals surface area (Å²) in [5.74, 6) is 0.715. The predicted molar refractivity (Wildman–Crippen MR) is 122 cm³/mol. The lowest BCUT2D eigenvalue weighted by Gasteiger charge is -2.21. The fourth-order valence-corrected chi connectivity index (χ4v) is 3.74. The van der Waals surface area contributed by atoms with Crippen molar-refractivity contribution in [2.75, 3.05) is 13.7 Å². The largest absolute Gasteiger partial charge is 0.493 e. The number of amides is 1. The van der Waals surface area contributed by atoms with Gasteiger partial charge in [0.05, 0.1) is 24.1 Å². The number of benzene rings is 3. The van der Waals surface area contributed by atoms with Gasteiger partial charge in [-0.2, -0.15) is 5.10 Å². The summed E-state index contributed by atoms with van der Waals surface area (Å²) < 4.78 is 5.97. The Labute approximate surface area is 180 Å². The van der Waals surface area contributed by atoms with Crippen LogP contribution in [-0.2, 0) is 17.8 Å². The van der Waals surface area contributed by atoms with Gasteiger partial charge in [-0.15, -0.1) is 0 Å². The second kappa shape index (κ2) is 9.00. The van der Waals surface area contributed by atoms with Gasteiger partial charge in [0.25, 0.3) is 5.56 Å². The molecular formula is C25H25N3O3. The lowest BCUT2D eigenvalue weighted by Crippen LogP contribution is -2.29. The molecule has 4 aromatic rings. The van der Waals surface area contributed by atoms with Crippen molar-refractivity contribution in [3.05, 3.63) is 82.3 Å². The third kappa shape index (κ3) is 4.28. The molecule has 0 atom stereocenters. The van der Waals surface area contributed by atoms with E-state index >= 15 is 0 Å². The number of rotatable bonds is 7. The minimum Gasteiger partial charge on any atom is -0.493 e. The Balaban J connectivity index is 1.62. The molecule has 0 saturated carbocycles. The molecule has 0 aliphatic carbocycles. The van der Waals surface area contributed by atoms with Crippen LogP contribution in [-0.4, -0.2) is 34.7 Å². The van der Waals surface area contributed by atoms with E-state index in [2.05, 4.69) is 29.3 Å². The van der Waals surface area contributed by atoms with E-state index in [-0.39, 0.29) is 17.9 Å². The Morgan fingerprint density at radius 1 is 1.00 bits per heavy atom. The smallest absolute Gasteiger partial charge is 0.272 e. The zero-order valence-corrected chi connectivity index (χ0v) is 17.7. The van der Waals surface area contributed by atoms with Crippen LogP contribution < -0.4 is 10.3 Å². The van der Waals surface area contributed by atoms with Gasteiger partial charge in [0, 0.05) is 24.5 Å². The topological polar surface area (TPSA) is 75.3 Å². The molecule has 1 heterocycles. The Kier molecular flexibility index (Phi) is 5.98. The third-order valence-corrected chi connectivity index (χ3v) is 5.37. The predicted octanol–water partition coefficient (Wildman–Crippen LogP) is 4.07. The number of fused-ring (bicyclic) bond motifs is 2. The van der Waals surface area contributed by atoms with E-state index in [0.717, 1.165) is 28.5 Å². The van der Waals surface area contributed by atoms with Crippen LogP contribution in [0, 0.1) is 0 Å². The second-order valence-electron chi connectivity index (χ2n) is 7.58. The van der Waals surface area contributed by atoms with Crippen molar-refractivity contribution >= 4 is 27.5 Å². The molecule has 4 rings (SSSR count). The van der Waals surface area contributed by atoms with Gasteiger partial charge in [-0.05, 0) is 29.3 Å². The maximum absolute atomic E-state index is 13.1. The number of nitrogens with one attached hydrogen (secondary N) is 1. The highest BCUT2D eigenvalue weighted by Gasteiger charge is 2.17. The summed E-state index contributed by atoms with van der Waals surface area (Å²) in [6.45, 7) is 3.11. The number of ether oxygens (including phenoxy) is 1. The molecule has 0 unspecified atom stereocenters. The molecule has 1 amide bonds. The first kappa shape index (κ1) is 20.6. The van der Waals surface area contributed by atoms with Gasteiger partial charge in [0.2, 0.25) is 5.91 Å². The van der Waals surface area contributed by atoms with Crippen LogP contribution in [0.15, 0.2) is 65.5 Å². The number of aromatic nitrogens is 2. The molecule has 0 radical (unpaired) electrons. The van der Waals surface area contributed by atoms with Gasteiger partial charge < -0.3 is 9.64 Å². The summed E-state index contributed by atoms with van der Waals surface area (Å²) in [5, 5.41) is 10.0. The number of nitrogens with zero attached hydrogens (tertiary/aromatic N) is 2. The summed E-state index contributed by atoms with van der Waals surface area (Å²) in [4.78, 5) is 26.8. The normalized spacial score (nSPS) is 11.0. The van der Waals surface area contributed by atoms with Crippen LogP contribution in [0.2, 0.25) is 0 Å². The van der Waals surface area contributed by atoms with Gasteiger partial charge in [-0.3, -0.25) is 9.59 Å². The standard InChI is InChI=1S/C25H25N3O3/c1-3-14-31-23-13-12-17-8-4-5-9-18(17)21(23)16-28(2)24(29)15-22-19-10-6-7-11-20(19)25(30)27-26-22/h4-13H,3,14-16H2,1-2H3,(H,27,30). The average Bonchev–Trinajstić information content (AvgIpc) is 2.80. The van der Waals surface area contributed by atoms with Crippen molar-refractivity contribution in [2.45, 2.75) is 26.3 Å². The quantitative estimate of drug-likeness (QED) is 0.494. The van der Waals surface area contributed by atoms with Gasteiger partial charge in [-0.25, -0.2) is 5.10 Å². The molecule has 6 nitrogen and oxygen atoms in total. The molecule has 0 aliphatic rings. The molecule has 0 spiro atoms. The lowest BCUT2D eigenvalue weighted by molar-refractivity contribution is -0.129. The Bertz CT molecular complexity index is 1300. The van der Waals surface area contributed by atoms with Crippen LogP contribution >= 0.6 is 0 Å². The van der Waals surface area contributed by atoms with E-state index in [1.807, 2.05) is 36.4 Å². The number of H-pyrrole nitrogens is 1. The highest BCUT2D eigenvalue weighted by molar-refractivity contribution is 5.90. The number of aromatic amines is 1. The van der Waals surface area contributed by atoms with Gasteiger partial charge in [-0.1, -0.05) is 55.5 Å². The molecule has 1 aromatic heterocycles. The summed E-state index contributed by atoms with van der Waals surface area (Å²) in [5.41, 5.74) is 1.29. The number of hydrogen-bond acceptors (Lipinski definition) is 4. The van der Waals surface area contributed by atoms with Gasteiger partial charge >= 0.3 is 0 Å². The van der Waals surface area contributed by atoms with E-state index in [1.165, 1.54) is 0 Å². The zero-order chi connectivity index (χ0) is 21.8. The fourth-order valence-electron chi connectivity index (χ4n) is 3.74. The highest BCUT2D eigenvalue weighted by Crippen LogP contribution is 2.29. The van der Waals surface area contributed by atoms with Crippen LogP contribution in [0.25, 0.3) is 21.5 Å². The summed E-state index contributed by atoms with van der Waals surface area (Å²) >= 11 is 0. The second-order valence-corrected chi connectivity index (χ2v) is 7.58. The van der Waals surface area contributed by atoms with Crippen molar-refractivity contribution < 1.29 is 9.53 Å². The molecule has 6 heteroatoms. The minimum absolute atomic E-state index is 0.0842. The van der Waals surface area contributed by atoms with E-state index in [9.17, 15) is 9.59 Å². The number of hydrogen-bond donors (Lipinski definition) is 1. The van der Waals surface area contributed by atoms with Crippen LogP contribution in [0.5, 0.6) is 5.75 Å². The average molecular weight is 415 g/mol. The molecule has 31 heavy (non-hydrogen) atoms. The lowest BCUT2D eigenvalue weighted by atomic mass is 10.0. The Morgan fingerprint density at radius 2 is 1.71 bits per heavy atom.